The maximum Gasteiger partial charge on any atom is 0.0331 e. The van der Waals surface area contributed by atoms with Crippen molar-refractivity contribution >= 4 is 0 Å². The molecule has 1 saturated carbocycles. The molecule has 0 spiro atoms. The largest absolute Gasteiger partial charge is 0.329 e. The van der Waals surface area contributed by atoms with Crippen LogP contribution in [0.1, 0.15) is 36.3 Å². The summed E-state index contributed by atoms with van der Waals surface area (Å²) >= 11 is 0. The Bertz CT molecular complexity index is 369. The van der Waals surface area contributed by atoms with Crippen LogP contribution in [0.3, 0.4) is 0 Å². The number of hydrogen-bond donors (Lipinski definition) is 1. The van der Waals surface area contributed by atoms with Gasteiger partial charge in [0, 0.05) is 12.1 Å². The van der Waals surface area contributed by atoms with E-state index in [1.165, 1.54) is 30.4 Å². The number of benzene rings is 1. The highest BCUT2D eigenvalue weighted by Gasteiger charge is 2.40. The summed E-state index contributed by atoms with van der Waals surface area (Å²) in [4.78, 5) is 2.32. The third kappa shape index (κ3) is 2.38. The molecule has 0 aromatic heterocycles. The molecule has 2 rings (SSSR count). The van der Waals surface area contributed by atoms with Crippen LogP contribution >= 0.6 is 0 Å². The fourth-order valence-corrected chi connectivity index (χ4v) is 3.00. The number of aryl methyl sites for hydroxylation is 1. The van der Waals surface area contributed by atoms with Gasteiger partial charge in [0.2, 0.25) is 0 Å². The molecule has 1 aromatic carbocycles. The van der Waals surface area contributed by atoms with Crippen LogP contribution in [0.4, 0.5) is 0 Å². The zero-order valence-electron chi connectivity index (χ0n) is 11.2. The van der Waals surface area contributed by atoms with E-state index >= 15 is 0 Å². The van der Waals surface area contributed by atoms with Gasteiger partial charge in [0.25, 0.3) is 0 Å². The SMILES string of the molecule is Cc1ccc(C2CCC(CN)(N(C)C)C2)cc1. The van der Waals surface area contributed by atoms with E-state index in [0.29, 0.717) is 5.92 Å². The summed E-state index contributed by atoms with van der Waals surface area (Å²) in [6, 6.07) is 8.99. The van der Waals surface area contributed by atoms with Crippen LogP contribution in [0.5, 0.6) is 0 Å². The normalized spacial score (nSPS) is 28.9. The first-order valence-electron chi connectivity index (χ1n) is 6.51. The zero-order chi connectivity index (χ0) is 12.5. The van der Waals surface area contributed by atoms with Crippen LogP contribution in [0.25, 0.3) is 0 Å². The van der Waals surface area contributed by atoms with Gasteiger partial charge in [0.1, 0.15) is 0 Å². The summed E-state index contributed by atoms with van der Waals surface area (Å²) in [6.07, 6.45) is 3.67. The third-order valence-corrected chi connectivity index (χ3v) is 4.46. The summed E-state index contributed by atoms with van der Waals surface area (Å²) in [5.41, 5.74) is 9.03. The van der Waals surface area contributed by atoms with E-state index in [1.54, 1.807) is 0 Å². The van der Waals surface area contributed by atoms with Gasteiger partial charge in [-0.15, -0.1) is 0 Å². The molecular weight excluding hydrogens is 208 g/mol. The molecular formula is C15H24N2. The summed E-state index contributed by atoms with van der Waals surface area (Å²) in [5, 5.41) is 0. The van der Waals surface area contributed by atoms with Gasteiger partial charge in [-0.3, -0.25) is 0 Å². The molecule has 0 saturated heterocycles. The van der Waals surface area contributed by atoms with Crippen molar-refractivity contribution in [3.8, 4) is 0 Å². The highest BCUT2D eigenvalue weighted by atomic mass is 15.2. The van der Waals surface area contributed by atoms with Gasteiger partial charge < -0.3 is 10.6 Å². The van der Waals surface area contributed by atoms with Crippen LogP contribution in [-0.2, 0) is 0 Å². The van der Waals surface area contributed by atoms with E-state index in [0.717, 1.165) is 6.54 Å². The van der Waals surface area contributed by atoms with Gasteiger partial charge in [-0.2, -0.15) is 0 Å². The second-order valence-electron chi connectivity index (χ2n) is 5.67. The van der Waals surface area contributed by atoms with E-state index in [4.69, 9.17) is 5.73 Å². The van der Waals surface area contributed by atoms with Crippen molar-refractivity contribution in [2.24, 2.45) is 5.73 Å². The summed E-state index contributed by atoms with van der Waals surface area (Å²) in [5.74, 6) is 0.682. The smallest absolute Gasteiger partial charge is 0.0331 e. The monoisotopic (exact) mass is 232 g/mol. The maximum absolute atomic E-state index is 5.99. The third-order valence-electron chi connectivity index (χ3n) is 4.46. The lowest BCUT2D eigenvalue weighted by atomic mass is 9.91. The number of rotatable bonds is 3. The van der Waals surface area contributed by atoms with Crippen molar-refractivity contribution in [2.45, 2.75) is 37.6 Å². The predicted molar refractivity (Wildman–Crippen MR) is 73.2 cm³/mol. The Morgan fingerprint density at radius 2 is 1.94 bits per heavy atom. The first-order valence-corrected chi connectivity index (χ1v) is 6.51. The molecule has 0 bridgehead atoms. The fraction of sp³-hybridized carbons (Fsp3) is 0.600. The van der Waals surface area contributed by atoms with Gasteiger partial charge >= 0.3 is 0 Å². The Morgan fingerprint density at radius 1 is 1.29 bits per heavy atom. The molecule has 0 aliphatic heterocycles. The lowest BCUT2D eigenvalue weighted by molar-refractivity contribution is 0.165. The Kier molecular flexibility index (Phi) is 3.55. The van der Waals surface area contributed by atoms with Gasteiger partial charge in [-0.1, -0.05) is 29.8 Å². The highest BCUT2D eigenvalue weighted by Crippen LogP contribution is 2.42. The van der Waals surface area contributed by atoms with Gasteiger partial charge in [0.05, 0.1) is 0 Å². The molecule has 2 unspecified atom stereocenters. The zero-order valence-corrected chi connectivity index (χ0v) is 11.2. The van der Waals surface area contributed by atoms with Crippen molar-refractivity contribution < 1.29 is 0 Å². The van der Waals surface area contributed by atoms with Crippen molar-refractivity contribution in [1.29, 1.82) is 0 Å². The molecule has 1 aliphatic carbocycles. The molecule has 17 heavy (non-hydrogen) atoms. The Labute approximate surface area is 105 Å². The van der Waals surface area contributed by atoms with E-state index < -0.39 is 0 Å². The summed E-state index contributed by atoms with van der Waals surface area (Å²) < 4.78 is 0. The number of hydrogen-bond acceptors (Lipinski definition) is 2. The minimum Gasteiger partial charge on any atom is -0.329 e. The number of nitrogens with two attached hydrogens (primary N) is 1. The average Bonchev–Trinajstić information content (AvgIpc) is 2.75. The van der Waals surface area contributed by atoms with Gasteiger partial charge in [-0.05, 0) is 51.8 Å². The van der Waals surface area contributed by atoms with E-state index in [-0.39, 0.29) is 5.54 Å². The second-order valence-corrected chi connectivity index (χ2v) is 5.67. The Hall–Kier alpha value is -0.860. The lowest BCUT2D eigenvalue weighted by Gasteiger charge is -2.35. The van der Waals surface area contributed by atoms with Crippen molar-refractivity contribution in [3.63, 3.8) is 0 Å². The quantitative estimate of drug-likeness (QED) is 0.867. The molecule has 2 N–H and O–H groups in total. The summed E-state index contributed by atoms with van der Waals surface area (Å²) in [7, 11) is 4.31. The molecule has 2 atom stereocenters. The van der Waals surface area contributed by atoms with Crippen molar-refractivity contribution in [2.75, 3.05) is 20.6 Å². The minimum absolute atomic E-state index is 0.218. The topological polar surface area (TPSA) is 29.3 Å². The standard InChI is InChI=1S/C15H24N2/c1-12-4-6-13(7-5-12)14-8-9-15(10-14,11-16)17(2)3/h4-7,14H,8-11,16H2,1-3H3. The first-order chi connectivity index (χ1) is 8.07. The van der Waals surface area contributed by atoms with E-state index in [9.17, 15) is 0 Å². The van der Waals surface area contributed by atoms with E-state index in [2.05, 4.69) is 50.2 Å². The molecule has 0 amide bonds. The van der Waals surface area contributed by atoms with Gasteiger partial charge in [-0.25, -0.2) is 0 Å². The van der Waals surface area contributed by atoms with Crippen molar-refractivity contribution in [3.05, 3.63) is 35.4 Å². The molecule has 2 heteroatoms. The maximum atomic E-state index is 5.99. The van der Waals surface area contributed by atoms with Crippen molar-refractivity contribution in [1.82, 2.24) is 4.90 Å². The molecule has 1 aromatic rings. The van der Waals surface area contributed by atoms with E-state index in [1.807, 2.05) is 0 Å². The van der Waals surface area contributed by atoms with Crippen LogP contribution in [-0.4, -0.2) is 31.1 Å². The van der Waals surface area contributed by atoms with Crippen LogP contribution in [0.2, 0.25) is 0 Å². The molecule has 0 radical (unpaired) electrons. The van der Waals surface area contributed by atoms with Gasteiger partial charge in [0.15, 0.2) is 0 Å². The van der Waals surface area contributed by atoms with Crippen LogP contribution in [0, 0.1) is 6.92 Å². The molecule has 2 nitrogen and oxygen atoms in total. The number of likely N-dealkylation sites (N-methyl/N-ethyl adjacent to an activating group) is 1. The molecule has 94 valence electrons. The predicted octanol–water partition coefficient (Wildman–Crippen LogP) is 2.52. The fourth-order valence-electron chi connectivity index (χ4n) is 3.00. The average molecular weight is 232 g/mol. The lowest BCUT2D eigenvalue weighted by Crippen LogP contribution is -2.48. The minimum atomic E-state index is 0.218. The number of nitrogens with zero attached hydrogens (tertiary/aromatic N) is 1. The second kappa shape index (κ2) is 4.79. The highest BCUT2D eigenvalue weighted by molar-refractivity contribution is 5.26. The summed E-state index contributed by atoms with van der Waals surface area (Å²) in [6.45, 7) is 2.91. The van der Waals surface area contributed by atoms with Crippen LogP contribution in [0.15, 0.2) is 24.3 Å². The molecule has 1 aliphatic rings. The Morgan fingerprint density at radius 3 is 2.41 bits per heavy atom. The molecule has 1 fully saturated rings. The first kappa shape index (κ1) is 12.6. The van der Waals surface area contributed by atoms with Crippen LogP contribution < -0.4 is 5.73 Å². The molecule has 0 heterocycles. The Balaban J connectivity index is 2.14.